The van der Waals surface area contributed by atoms with Crippen LogP contribution in [-0.2, 0) is 19.6 Å². The molecule has 10 heteroatoms. The van der Waals surface area contributed by atoms with Crippen molar-refractivity contribution < 1.29 is 22.8 Å². The maximum Gasteiger partial charge on any atom is 0.325 e. The van der Waals surface area contributed by atoms with E-state index in [1.165, 1.54) is 10.4 Å². The van der Waals surface area contributed by atoms with Crippen LogP contribution in [0.5, 0.6) is 0 Å². The zero-order valence-electron chi connectivity index (χ0n) is 18.2. The lowest BCUT2D eigenvalue weighted by molar-refractivity contribution is -0.131. The van der Waals surface area contributed by atoms with Crippen LogP contribution in [0.15, 0.2) is 23.1 Å². The molecule has 31 heavy (non-hydrogen) atoms. The second kappa shape index (κ2) is 9.35. The molecule has 0 aliphatic carbocycles. The molecular weight excluding hydrogens is 420 g/mol. The highest BCUT2D eigenvalue weighted by atomic mass is 32.2. The van der Waals surface area contributed by atoms with Crippen molar-refractivity contribution in [2.24, 2.45) is 5.92 Å². The lowest BCUT2D eigenvalue weighted by atomic mass is 10.1. The molecule has 3 rings (SSSR count). The van der Waals surface area contributed by atoms with Crippen LogP contribution in [0.4, 0.5) is 10.5 Å². The van der Waals surface area contributed by atoms with Gasteiger partial charge in [0.25, 0.3) is 5.91 Å². The highest BCUT2D eigenvalue weighted by Gasteiger charge is 2.40. The number of hydrogen-bond donors (Lipinski definition) is 2. The van der Waals surface area contributed by atoms with E-state index < -0.39 is 40.5 Å². The van der Waals surface area contributed by atoms with E-state index in [2.05, 4.69) is 10.6 Å². The van der Waals surface area contributed by atoms with Crippen LogP contribution in [0.2, 0.25) is 0 Å². The molecule has 9 nitrogen and oxygen atoms in total. The monoisotopic (exact) mass is 450 g/mol. The first-order chi connectivity index (χ1) is 14.6. The Balaban J connectivity index is 1.74. The number of sulfonamides is 1. The minimum absolute atomic E-state index is 0.0895. The second-order valence-corrected chi connectivity index (χ2v) is 10.3. The SMILES string of the molecule is Cc1ccc(NC(=O)CN2C(=O)NC(C(C)C)C2=O)cc1S(=O)(=O)N1CCCCCC1. The molecule has 2 heterocycles. The van der Waals surface area contributed by atoms with Crippen LogP contribution in [0, 0.1) is 12.8 Å². The van der Waals surface area contributed by atoms with Gasteiger partial charge in [0.15, 0.2) is 0 Å². The van der Waals surface area contributed by atoms with Gasteiger partial charge in [-0.3, -0.25) is 14.5 Å². The van der Waals surface area contributed by atoms with Gasteiger partial charge < -0.3 is 10.6 Å². The van der Waals surface area contributed by atoms with Crippen molar-refractivity contribution >= 4 is 33.6 Å². The van der Waals surface area contributed by atoms with Gasteiger partial charge in [-0.25, -0.2) is 13.2 Å². The van der Waals surface area contributed by atoms with Crippen LogP contribution >= 0.6 is 0 Å². The number of carbonyl (C=O) groups is 3. The topological polar surface area (TPSA) is 116 Å². The molecule has 2 N–H and O–H groups in total. The molecule has 0 aromatic heterocycles. The van der Waals surface area contributed by atoms with Gasteiger partial charge in [0.2, 0.25) is 15.9 Å². The summed E-state index contributed by atoms with van der Waals surface area (Å²) in [6, 6.07) is 3.44. The van der Waals surface area contributed by atoms with E-state index in [9.17, 15) is 22.8 Å². The molecular formula is C21H30N4O5S. The first kappa shape index (κ1) is 23.2. The summed E-state index contributed by atoms with van der Waals surface area (Å²) in [5.41, 5.74) is 0.896. The zero-order chi connectivity index (χ0) is 22.8. The highest BCUT2D eigenvalue weighted by Crippen LogP contribution is 2.26. The number of amides is 4. The third kappa shape index (κ3) is 5.07. The largest absolute Gasteiger partial charge is 0.326 e. The number of rotatable bonds is 6. The molecule has 4 amide bonds. The minimum Gasteiger partial charge on any atom is -0.326 e. The average molecular weight is 451 g/mol. The predicted molar refractivity (Wildman–Crippen MR) is 116 cm³/mol. The Morgan fingerprint density at radius 3 is 2.39 bits per heavy atom. The first-order valence-corrected chi connectivity index (χ1v) is 12.1. The van der Waals surface area contributed by atoms with Crippen molar-refractivity contribution in [3.63, 3.8) is 0 Å². The summed E-state index contributed by atoms with van der Waals surface area (Å²) in [5, 5.41) is 5.19. The maximum atomic E-state index is 13.2. The fourth-order valence-corrected chi connectivity index (χ4v) is 5.63. The van der Waals surface area contributed by atoms with Crippen molar-refractivity contribution in [2.75, 3.05) is 25.0 Å². The van der Waals surface area contributed by atoms with Crippen molar-refractivity contribution in [3.8, 4) is 0 Å². The minimum atomic E-state index is -3.68. The number of benzene rings is 1. The Kier molecular flexibility index (Phi) is 7.00. The third-order valence-corrected chi connectivity index (χ3v) is 7.72. The molecule has 0 bridgehead atoms. The third-order valence-electron chi connectivity index (χ3n) is 5.68. The van der Waals surface area contributed by atoms with Crippen LogP contribution in [0.25, 0.3) is 0 Å². The van der Waals surface area contributed by atoms with Crippen molar-refractivity contribution in [1.29, 1.82) is 0 Å². The summed E-state index contributed by atoms with van der Waals surface area (Å²) in [6.45, 7) is 5.88. The van der Waals surface area contributed by atoms with Gasteiger partial charge in [-0.2, -0.15) is 4.31 Å². The van der Waals surface area contributed by atoms with E-state index in [1.807, 2.05) is 13.8 Å². The standard InChI is InChI=1S/C21H30N4O5S/c1-14(2)19-20(27)25(21(28)23-19)13-18(26)22-16-9-8-15(3)17(12-16)31(29,30)24-10-6-4-5-7-11-24/h8-9,12,14,19H,4-7,10-11,13H2,1-3H3,(H,22,26)(H,23,28). The molecule has 0 saturated carbocycles. The smallest absolute Gasteiger partial charge is 0.325 e. The molecule has 2 aliphatic rings. The fourth-order valence-electron chi connectivity index (χ4n) is 3.86. The summed E-state index contributed by atoms with van der Waals surface area (Å²) in [6.07, 6.45) is 3.69. The van der Waals surface area contributed by atoms with Crippen molar-refractivity contribution in [2.45, 2.75) is 57.4 Å². The van der Waals surface area contributed by atoms with Crippen molar-refractivity contribution in [3.05, 3.63) is 23.8 Å². The molecule has 2 fully saturated rings. The van der Waals surface area contributed by atoms with Gasteiger partial charge >= 0.3 is 6.03 Å². The number of imide groups is 1. The maximum absolute atomic E-state index is 13.2. The molecule has 2 aliphatic heterocycles. The number of nitrogens with zero attached hydrogens (tertiary/aromatic N) is 2. The Hall–Kier alpha value is -2.46. The Labute approximate surface area is 183 Å². The molecule has 1 unspecified atom stereocenters. The summed E-state index contributed by atoms with van der Waals surface area (Å²) in [5.74, 6) is -1.10. The van der Waals surface area contributed by atoms with E-state index in [0.717, 1.165) is 30.6 Å². The van der Waals surface area contributed by atoms with E-state index in [0.29, 0.717) is 24.3 Å². The van der Waals surface area contributed by atoms with Gasteiger partial charge in [-0.15, -0.1) is 0 Å². The molecule has 1 atom stereocenters. The fraction of sp³-hybridized carbons (Fsp3) is 0.571. The van der Waals surface area contributed by atoms with E-state index in [4.69, 9.17) is 0 Å². The molecule has 0 radical (unpaired) electrons. The Morgan fingerprint density at radius 2 is 1.81 bits per heavy atom. The predicted octanol–water partition coefficient (Wildman–Crippen LogP) is 2.07. The number of aryl methyl sites for hydroxylation is 1. The van der Waals surface area contributed by atoms with Gasteiger partial charge in [0, 0.05) is 18.8 Å². The zero-order valence-corrected chi connectivity index (χ0v) is 19.0. The van der Waals surface area contributed by atoms with Crippen molar-refractivity contribution in [1.82, 2.24) is 14.5 Å². The molecule has 170 valence electrons. The highest BCUT2D eigenvalue weighted by molar-refractivity contribution is 7.89. The van der Waals surface area contributed by atoms with E-state index >= 15 is 0 Å². The number of carbonyl (C=O) groups excluding carboxylic acids is 3. The molecule has 1 aromatic carbocycles. The van der Waals surface area contributed by atoms with Crippen LogP contribution in [-0.4, -0.2) is 61.1 Å². The summed E-state index contributed by atoms with van der Waals surface area (Å²) in [4.78, 5) is 37.9. The van der Waals surface area contributed by atoms with E-state index in [1.54, 1.807) is 19.1 Å². The molecule has 2 saturated heterocycles. The summed E-state index contributed by atoms with van der Waals surface area (Å²) < 4.78 is 27.8. The average Bonchev–Trinajstić information content (AvgIpc) is 2.91. The van der Waals surface area contributed by atoms with Gasteiger partial charge in [0.05, 0.1) is 4.90 Å². The Morgan fingerprint density at radius 1 is 1.16 bits per heavy atom. The number of urea groups is 1. The normalized spacial score (nSPS) is 20.6. The van der Waals surface area contributed by atoms with Crippen LogP contribution in [0.1, 0.15) is 45.1 Å². The lowest BCUT2D eigenvalue weighted by Crippen LogP contribution is -2.39. The number of anilines is 1. The number of nitrogens with one attached hydrogen (secondary N) is 2. The quantitative estimate of drug-likeness (QED) is 0.644. The second-order valence-electron chi connectivity index (χ2n) is 8.44. The first-order valence-electron chi connectivity index (χ1n) is 10.6. The van der Waals surface area contributed by atoms with E-state index in [-0.39, 0.29) is 10.8 Å². The van der Waals surface area contributed by atoms with Crippen LogP contribution < -0.4 is 10.6 Å². The number of hydrogen-bond acceptors (Lipinski definition) is 5. The van der Waals surface area contributed by atoms with Gasteiger partial charge in [-0.1, -0.05) is 32.8 Å². The molecule has 0 spiro atoms. The van der Waals surface area contributed by atoms with Crippen LogP contribution in [0.3, 0.4) is 0 Å². The Bertz CT molecular complexity index is 968. The summed E-state index contributed by atoms with van der Waals surface area (Å²) >= 11 is 0. The van der Waals surface area contributed by atoms with Gasteiger partial charge in [-0.05, 0) is 43.4 Å². The molecule has 1 aromatic rings. The lowest BCUT2D eigenvalue weighted by Gasteiger charge is -2.21. The summed E-state index contributed by atoms with van der Waals surface area (Å²) in [7, 11) is -3.68. The van der Waals surface area contributed by atoms with Gasteiger partial charge in [0.1, 0.15) is 12.6 Å².